The predicted octanol–water partition coefficient (Wildman–Crippen LogP) is 17.0. The molecule has 4 nitrogen and oxygen atoms in total. The van der Waals surface area contributed by atoms with Crippen LogP contribution in [-0.4, -0.2) is 44.5 Å². The van der Waals surface area contributed by atoms with E-state index < -0.39 is 19.1 Å². The quantitative estimate of drug-likeness (QED) is 0.0873. The Kier molecular flexibility index (Phi) is 23.2. The van der Waals surface area contributed by atoms with Gasteiger partial charge in [-0.05, 0) is 116 Å². The Bertz CT molecular complexity index is 2200. The zero-order chi connectivity index (χ0) is 49.2. The van der Waals surface area contributed by atoms with E-state index in [1.54, 1.807) is 102 Å². The van der Waals surface area contributed by atoms with E-state index in [9.17, 15) is 5.11 Å². The summed E-state index contributed by atoms with van der Waals surface area (Å²) in [7, 11) is 12.8. The van der Waals surface area contributed by atoms with E-state index in [0.29, 0.717) is 16.9 Å². The van der Waals surface area contributed by atoms with Crippen molar-refractivity contribution in [1.29, 1.82) is 0 Å². The van der Waals surface area contributed by atoms with E-state index in [2.05, 4.69) is 30.2 Å². The molecular formula is C60H82Cl2O4PRu+. The molecule has 1 unspecified atom stereocenters. The van der Waals surface area contributed by atoms with Gasteiger partial charge in [-0.1, -0.05) is 75.4 Å². The zero-order valence-electron chi connectivity index (χ0n) is 42.7. The number of hydrogen-bond donors (Lipinski definition) is 1. The molecule has 8 heteroatoms. The average Bonchev–Trinajstić information content (AvgIpc) is 3.74. The number of rotatable bonds is 12. The average molecular weight is 1070 g/mol. The maximum atomic E-state index is 11.0. The van der Waals surface area contributed by atoms with Crippen LogP contribution in [0, 0.1) is 19.3 Å². The number of fused-ring (bicyclic) bond motifs is 1. The van der Waals surface area contributed by atoms with Gasteiger partial charge in [0.2, 0.25) is 0 Å². The van der Waals surface area contributed by atoms with E-state index in [1.165, 1.54) is 17.0 Å². The van der Waals surface area contributed by atoms with Crippen molar-refractivity contribution < 1.29 is 32.8 Å². The Morgan fingerprint density at radius 3 is 1.51 bits per heavy atom. The van der Waals surface area contributed by atoms with Gasteiger partial charge in [-0.15, -0.1) is 6.42 Å². The van der Waals surface area contributed by atoms with Crippen LogP contribution in [-0.2, 0) is 19.1 Å². The molecule has 0 aromatic heterocycles. The fraction of sp³-hybridized carbons (Fsp3) is 0.517. The van der Waals surface area contributed by atoms with Crippen molar-refractivity contribution in [2.75, 3.05) is 0 Å². The molecule has 0 radical (unpaired) electrons. The summed E-state index contributed by atoms with van der Waals surface area (Å²) >= 11 is -2.12. The van der Waals surface area contributed by atoms with Gasteiger partial charge >= 0.3 is 169 Å². The fourth-order valence-corrected chi connectivity index (χ4v) is 18.3. The van der Waals surface area contributed by atoms with Crippen LogP contribution >= 0.6 is 27.3 Å². The number of halogens is 2. The second kappa shape index (κ2) is 28.2. The molecule has 68 heavy (non-hydrogen) atoms. The number of benzene rings is 4. The number of allylic oxidation sites excluding steroid dienone is 1. The number of terminal acetylenes is 1. The Labute approximate surface area is 426 Å². The summed E-state index contributed by atoms with van der Waals surface area (Å²) < 4.78 is 18.8. The Balaban J connectivity index is 0.000000189. The molecule has 0 saturated heterocycles. The Morgan fingerprint density at radius 1 is 0.618 bits per heavy atom. The van der Waals surface area contributed by atoms with E-state index in [1.807, 2.05) is 129 Å². The van der Waals surface area contributed by atoms with Gasteiger partial charge in [-0.2, -0.15) is 0 Å². The van der Waals surface area contributed by atoms with Crippen molar-refractivity contribution in [3.63, 3.8) is 0 Å². The van der Waals surface area contributed by atoms with Gasteiger partial charge < -0.3 is 9.84 Å². The molecule has 0 aliphatic heterocycles. The number of aryl methyl sites for hydroxylation is 1. The molecule has 3 fully saturated rings. The van der Waals surface area contributed by atoms with E-state index in [-0.39, 0.29) is 26.2 Å². The third-order valence-corrected chi connectivity index (χ3v) is 21.0. The SMILES string of the molecule is C#CC(O)(c1ccccc1)c1cc(C)cc(OC(C)C)c1.C1CCC([PH+](C2CCCCC2)C2CCCCC2)CC1.CC.CC(C)Oc1cc(OC(C)C)c2c(c1)C(c1ccccc1)=C[C]2=[Ru]([Cl])[Cl]. The maximum absolute atomic E-state index is 11.0. The molecule has 0 spiro atoms. The van der Waals surface area contributed by atoms with Crippen LogP contribution in [0.3, 0.4) is 0 Å². The number of aliphatic hydroxyl groups is 1. The molecule has 8 rings (SSSR count). The van der Waals surface area contributed by atoms with Crippen molar-refractivity contribution in [3.05, 3.63) is 130 Å². The molecule has 0 amide bonds. The summed E-state index contributed by atoms with van der Waals surface area (Å²) in [6, 6.07) is 29.2. The van der Waals surface area contributed by atoms with Crippen LogP contribution in [0.25, 0.3) is 5.57 Å². The number of ether oxygens (including phenoxy) is 3. The molecule has 4 aromatic rings. The summed E-state index contributed by atoms with van der Waals surface area (Å²) in [6.07, 6.45) is 31.7. The first-order valence-corrected chi connectivity index (χ1v) is 32.9. The van der Waals surface area contributed by atoms with Crippen molar-refractivity contribution in [1.82, 2.24) is 0 Å². The summed E-state index contributed by atoms with van der Waals surface area (Å²) in [5.74, 6) is 4.81. The second-order valence-electron chi connectivity index (χ2n) is 19.5. The molecular weight excluding hydrogens is 988 g/mol. The van der Waals surface area contributed by atoms with Gasteiger partial charge in [-0.3, -0.25) is 0 Å². The molecule has 1 N–H and O–H groups in total. The first kappa shape index (κ1) is 56.0. The normalized spacial score (nSPS) is 17.6. The monoisotopic (exact) mass is 1070 g/mol. The van der Waals surface area contributed by atoms with Crippen LogP contribution in [0.1, 0.15) is 185 Å². The molecule has 3 saturated carbocycles. The van der Waals surface area contributed by atoms with Crippen LogP contribution < -0.4 is 14.2 Å². The molecule has 4 aromatic carbocycles. The molecule has 372 valence electrons. The van der Waals surface area contributed by atoms with Gasteiger partial charge in [0.15, 0.2) is 5.60 Å². The molecule has 4 aliphatic carbocycles. The fourth-order valence-electron chi connectivity index (χ4n) is 10.6. The third-order valence-electron chi connectivity index (χ3n) is 13.3. The minimum atomic E-state index is -2.12. The molecule has 0 heterocycles. The van der Waals surface area contributed by atoms with Crippen LogP contribution in [0.5, 0.6) is 17.2 Å². The van der Waals surface area contributed by atoms with Crippen LogP contribution in [0.2, 0.25) is 0 Å². The first-order chi connectivity index (χ1) is 32.8. The van der Waals surface area contributed by atoms with E-state index in [0.717, 1.165) is 43.4 Å². The summed E-state index contributed by atoms with van der Waals surface area (Å²) in [6.45, 7) is 17.9. The van der Waals surface area contributed by atoms with Crippen LogP contribution in [0.15, 0.2) is 97.1 Å². The first-order valence-electron chi connectivity index (χ1n) is 25.8. The Morgan fingerprint density at radius 2 is 1.07 bits per heavy atom. The van der Waals surface area contributed by atoms with E-state index in [4.69, 9.17) is 40.0 Å². The van der Waals surface area contributed by atoms with Crippen molar-refractivity contribution >= 4 is 37.0 Å². The van der Waals surface area contributed by atoms with Gasteiger partial charge in [0.1, 0.15) is 5.75 Å². The minimum absolute atomic E-state index is 0.0433. The van der Waals surface area contributed by atoms with E-state index >= 15 is 0 Å². The number of hydrogen-bond acceptors (Lipinski definition) is 4. The van der Waals surface area contributed by atoms with Crippen LogP contribution in [0.4, 0.5) is 0 Å². The molecule has 1 atom stereocenters. The third kappa shape index (κ3) is 15.8. The van der Waals surface area contributed by atoms with Gasteiger partial charge in [0.25, 0.3) is 0 Å². The van der Waals surface area contributed by atoms with Gasteiger partial charge in [-0.25, -0.2) is 0 Å². The van der Waals surface area contributed by atoms with Gasteiger partial charge in [0, 0.05) is 19.0 Å². The topological polar surface area (TPSA) is 47.9 Å². The molecule has 0 bridgehead atoms. The summed E-state index contributed by atoms with van der Waals surface area (Å²) in [5, 5.41) is 11.0. The van der Waals surface area contributed by atoms with Crippen molar-refractivity contribution in [3.8, 4) is 29.6 Å². The van der Waals surface area contributed by atoms with Crippen molar-refractivity contribution in [2.45, 2.75) is 200 Å². The zero-order valence-corrected chi connectivity index (χ0v) is 46.9. The van der Waals surface area contributed by atoms with Gasteiger partial charge in [0.05, 0.1) is 23.1 Å². The second-order valence-corrected chi connectivity index (χ2v) is 28.8. The molecule has 4 aliphatic rings. The van der Waals surface area contributed by atoms with Crippen molar-refractivity contribution in [2.24, 2.45) is 0 Å². The Hall–Kier alpha value is -2.96. The predicted molar refractivity (Wildman–Crippen MR) is 293 cm³/mol. The summed E-state index contributed by atoms with van der Waals surface area (Å²) in [4.78, 5) is 0. The standard InChI is InChI=1S/C21H22O2.C19H20O2.C18H33P.C2H6.2ClH.Ru/c1-14(2)22-17-12-20-18(16-8-6-5-7-9-16)10-11-19(20)21(13-17)23-15(3)4;1-5-19(20,16-9-7-6-8-10-16)17-11-15(4)12-18(13-17)21-14(2)3;1-4-10-16(11-5-1)19(17-12-6-2-7-13-17)18-14-8-3-9-15-18;1-2;;;/h5-10,12-15H,1-4H3;1,6-14,20H,2-4H3;16-18H,1-15H2;1-2H3;2*1H;/q;;;;;;+2/p-1. The summed E-state index contributed by atoms with van der Waals surface area (Å²) in [5.41, 5.74) is 8.86.